The van der Waals surface area contributed by atoms with E-state index in [2.05, 4.69) is 20.1 Å². The molecule has 0 radical (unpaired) electrons. The molecule has 0 unspecified atom stereocenters. The van der Waals surface area contributed by atoms with Crippen molar-refractivity contribution in [3.8, 4) is 5.82 Å². The van der Waals surface area contributed by atoms with Gasteiger partial charge in [0.1, 0.15) is 12.7 Å². The van der Waals surface area contributed by atoms with E-state index in [1.165, 1.54) is 17.3 Å². The van der Waals surface area contributed by atoms with E-state index in [4.69, 9.17) is 5.73 Å². The lowest BCUT2D eigenvalue weighted by Gasteiger charge is -2.01. The maximum absolute atomic E-state index is 13.4. The maximum Gasteiger partial charge on any atom is 0.239 e. The van der Waals surface area contributed by atoms with Gasteiger partial charge in [0, 0.05) is 0 Å². The first-order chi connectivity index (χ1) is 6.68. The first-order valence-corrected chi connectivity index (χ1v) is 3.83. The van der Waals surface area contributed by atoms with E-state index in [9.17, 15) is 4.39 Å². The van der Waals surface area contributed by atoms with Crippen molar-refractivity contribution in [3.63, 3.8) is 0 Å². The van der Waals surface area contributed by atoms with E-state index in [-0.39, 0.29) is 17.5 Å². The van der Waals surface area contributed by atoms with E-state index in [1.807, 2.05) is 0 Å². The molecule has 2 rings (SSSR count). The number of hydrogen-bond donors (Lipinski definition) is 1. The summed E-state index contributed by atoms with van der Waals surface area (Å²) in [7, 11) is 0. The van der Waals surface area contributed by atoms with Gasteiger partial charge in [-0.2, -0.15) is 4.68 Å². The average Bonchev–Trinajstić information content (AvgIpc) is 2.57. The zero-order valence-corrected chi connectivity index (χ0v) is 7.35. The number of nitrogens with two attached hydrogens (primary N) is 1. The van der Waals surface area contributed by atoms with Gasteiger partial charge in [0.15, 0.2) is 11.6 Å². The number of hydrogen-bond acceptors (Lipinski definition) is 5. The highest BCUT2D eigenvalue weighted by atomic mass is 19.1. The lowest BCUT2D eigenvalue weighted by atomic mass is 10.4. The van der Waals surface area contributed by atoms with Crippen molar-refractivity contribution in [2.24, 2.45) is 0 Å². The molecule has 7 heteroatoms. The van der Waals surface area contributed by atoms with Crippen LogP contribution in [0.15, 0.2) is 12.7 Å². The Hall–Kier alpha value is -2.05. The zero-order valence-electron chi connectivity index (χ0n) is 7.35. The van der Waals surface area contributed by atoms with Crippen LogP contribution in [0.25, 0.3) is 5.82 Å². The number of anilines is 1. The molecule has 0 aliphatic heterocycles. The van der Waals surface area contributed by atoms with Crippen LogP contribution in [0.5, 0.6) is 0 Å². The second-order valence-electron chi connectivity index (χ2n) is 2.64. The van der Waals surface area contributed by atoms with Gasteiger partial charge in [-0.15, -0.1) is 5.10 Å². The third kappa shape index (κ3) is 1.28. The van der Waals surface area contributed by atoms with Gasteiger partial charge in [-0.3, -0.25) is 0 Å². The number of aromatic nitrogens is 5. The standard InChI is InChI=1S/C7H7FN6/c1-4-5(8)6(11-2-10-4)14-3-12-7(9)13-14/h2-3H,1H3,(H2,9,13). The fraction of sp³-hybridized carbons (Fsp3) is 0.143. The third-order valence-corrected chi connectivity index (χ3v) is 1.67. The summed E-state index contributed by atoms with van der Waals surface area (Å²) in [5, 5.41) is 3.74. The molecule has 0 bridgehead atoms. The number of rotatable bonds is 1. The van der Waals surface area contributed by atoms with E-state index in [0.717, 1.165) is 0 Å². The molecule has 0 fully saturated rings. The SMILES string of the molecule is Cc1ncnc(-n2cnc(N)n2)c1F. The second-order valence-corrected chi connectivity index (χ2v) is 2.64. The molecule has 0 atom stereocenters. The Labute approximate surface area is 78.6 Å². The number of nitrogen functional groups attached to an aromatic ring is 1. The highest BCUT2D eigenvalue weighted by Gasteiger charge is 2.10. The fourth-order valence-corrected chi connectivity index (χ4v) is 0.983. The normalized spacial score (nSPS) is 10.4. The molecule has 2 N–H and O–H groups in total. The van der Waals surface area contributed by atoms with Crippen LogP contribution in [0.1, 0.15) is 5.69 Å². The van der Waals surface area contributed by atoms with Crippen LogP contribution in [0.3, 0.4) is 0 Å². The molecule has 2 aromatic rings. The molecule has 0 saturated heterocycles. The van der Waals surface area contributed by atoms with E-state index >= 15 is 0 Å². The van der Waals surface area contributed by atoms with Crippen LogP contribution < -0.4 is 5.73 Å². The molecule has 0 amide bonds. The first-order valence-electron chi connectivity index (χ1n) is 3.83. The minimum Gasteiger partial charge on any atom is -0.366 e. The maximum atomic E-state index is 13.4. The van der Waals surface area contributed by atoms with E-state index in [0.29, 0.717) is 0 Å². The molecule has 0 aromatic carbocycles. The van der Waals surface area contributed by atoms with Crippen LogP contribution >= 0.6 is 0 Å². The first kappa shape index (κ1) is 8.54. The molecular formula is C7H7FN6. The van der Waals surface area contributed by atoms with Crippen LogP contribution in [-0.4, -0.2) is 24.7 Å². The van der Waals surface area contributed by atoms with Crippen LogP contribution in [-0.2, 0) is 0 Å². The molecule has 2 aromatic heterocycles. The van der Waals surface area contributed by atoms with Crippen molar-refractivity contribution in [2.75, 3.05) is 5.73 Å². The van der Waals surface area contributed by atoms with E-state index in [1.54, 1.807) is 6.92 Å². The summed E-state index contributed by atoms with van der Waals surface area (Å²) in [4.78, 5) is 11.1. The Balaban J connectivity index is 2.57. The van der Waals surface area contributed by atoms with Gasteiger partial charge in [0.25, 0.3) is 0 Å². The van der Waals surface area contributed by atoms with Crippen molar-refractivity contribution in [1.82, 2.24) is 24.7 Å². The third-order valence-electron chi connectivity index (χ3n) is 1.67. The largest absolute Gasteiger partial charge is 0.366 e. The van der Waals surface area contributed by atoms with Gasteiger partial charge in [-0.25, -0.2) is 19.3 Å². The Morgan fingerprint density at radius 3 is 2.79 bits per heavy atom. The van der Waals surface area contributed by atoms with Gasteiger partial charge >= 0.3 is 0 Å². The summed E-state index contributed by atoms with van der Waals surface area (Å²) in [6.45, 7) is 1.54. The average molecular weight is 194 g/mol. The molecule has 0 aliphatic carbocycles. The summed E-state index contributed by atoms with van der Waals surface area (Å²) >= 11 is 0. The monoisotopic (exact) mass is 194 g/mol. The lowest BCUT2D eigenvalue weighted by Crippen LogP contribution is -2.05. The number of halogens is 1. The predicted molar refractivity (Wildman–Crippen MR) is 46.1 cm³/mol. The molecule has 6 nitrogen and oxygen atoms in total. The Bertz CT molecular complexity index is 465. The van der Waals surface area contributed by atoms with Gasteiger partial charge in [-0.1, -0.05) is 0 Å². The van der Waals surface area contributed by atoms with Gasteiger partial charge in [0.05, 0.1) is 5.69 Å². The van der Waals surface area contributed by atoms with Gasteiger partial charge in [0.2, 0.25) is 5.95 Å². The molecule has 14 heavy (non-hydrogen) atoms. The Morgan fingerprint density at radius 2 is 2.14 bits per heavy atom. The quantitative estimate of drug-likeness (QED) is 0.695. The number of aryl methyl sites for hydroxylation is 1. The topological polar surface area (TPSA) is 82.5 Å². The molecule has 0 saturated carbocycles. The van der Waals surface area contributed by atoms with Crippen molar-refractivity contribution in [3.05, 3.63) is 24.2 Å². The minimum absolute atomic E-state index is 0.0432. The summed E-state index contributed by atoms with van der Waals surface area (Å²) in [6.07, 6.45) is 2.55. The molecular weight excluding hydrogens is 187 g/mol. The molecule has 0 spiro atoms. The van der Waals surface area contributed by atoms with Crippen molar-refractivity contribution in [1.29, 1.82) is 0 Å². The highest BCUT2D eigenvalue weighted by Crippen LogP contribution is 2.10. The summed E-state index contributed by atoms with van der Waals surface area (Å²) in [5.74, 6) is -0.417. The zero-order chi connectivity index (χ0) is 10.1. The van der Waals surface area contributed by atoms with Crippen molar-refractivity contribution < 1.29 is 4.39 Å². The second kappa shape index (κ2) is 3.02. The summed E-state index contributed by atoms with van der Waals surface area (Å²) < 4.78 is 14.6. The van der Waals surface area contributed by atoms with Crippen LogP contribution in [0.4, 0.5) is 10.3 Å². The van der Waals surface area contributed by atoms with Gasteiger partial charge < -0.3 is 5.73 Å². The Morgan fingerprint density at radius 1 is 1.36 bits per heavy atom. The van der Waals surface area contributed by atoms with Crippen LogP contribution in [0.2, 0.25) is 0 Å². The van der Waals surface area contributed by atoms with Crippen molar-refractivity contribution in [2.45, 2.75) is 6.92 Å². The molecule has 72 valence electrons. The minimum atomic E-state index is -0.530. The molecule has 2 heterocycles. The summed E-state index contributed by atoms with van der Waals surface area (Å²) in [5.41, 5.74) is 5.55. The molecule has 0 aliphatic rings. The summed E-state index contributed by atoms with van der Waals surface area (Å²) in [6, 6.07) is 0. The number of nitrogens with zero attached hydrogens (tertiary/aromatic N) is 5. The smallest absolute Gasteiger partial charge is 0.239 e. The van der Waals surface area contributed by atoms with E-state index < -0.39 is 5.82 Å². The predicted octanol–water partition coefficient (Wildman–Crippen LogP) is 0.0870. The van der Waals surface area contributed by atoms with Crippen molar-refractivity contribution >= 4 is 5.95 Å². The fourth-order valence-electron chi connectivity index (χ4n) is 0.983. The van der Waals surface area contributed by atoms with Crippen LogP contribution in [0, 0.1) is 12.7 Å². The highest BCUT2D eigenvalue weighted by molar-refractivity contribution is 5.25. The van der Waals surface area contributed by atoms with Gasteiger partial charge in [-0.05, 0) is 6.92 Å². The lowest BCUT2D eigenvalue weighted by molar-refractivity contribution is 0.581. The Kier molecular flexibility index (Phi) is 1.84.